The fourth-order valence-electron chi connectivity index (χ4n) is 1.58. The Morgan fingerprint density at radius 3 is 2.84 bits per heavy atom. The number of nitrogens with one attached hydrogen (secondary N) is 1. The predicted octanol–water partition coefficient (Wildman–Crippen LogP) is 3.85. The molecular formula is C12H12F4N2S. The van der Waals surface area contributed by atoms with Gasteiger partial charge in [-0.2, -0.15) is 8.78 Å². The monoisotopic (exact) mass is 292 g/mol. The minimum absolute atomic E-state index is 0.469. The summed E-state index contributed by atoms with van der Waals surface area (Å²) >= 11 is 1.49. The number of alkyl halides is 4. The Morgan fingerprint density at radius 1 is 1.42 bits per heavy atom. The van der Waals surface area contributed by atoms with Gasteiger partial charge < -0.3 is 5.32 Å². The molecule has 2 nitrogen and oxygen atoms in total. The van der Waals surface area contributed by atoms with Gasteiger partial charge >= 0.3 is 12.3 Å². The Bertz CT molecular complexity index is 555. The lowest BCUT2D eigenvalue weighted by molar-refractivity contribution is -0.126. The molecule has 2 aromatic heterocycles. The van der Waals surface area contributed by atoms with Crippen molar-refractivity contribution in [1.82, 2.24) is 10.3 Å². The van der Waals surface area contributed by atoms with E-state index in [1.807, 2.05) is 17.5 Å². The quantitative estimate of drug-likeness (QED) is 0.847. The third kappa shape index (κ3) is 3.22. The van der Waals surface area contributed by atoms with Crippen LogP contribution in [-0.2, 0) is 0 Å². The van der Waals surface area contributed by atoms with E-state index in [4.69, 9.17) is 0 Å². The zero-order valence-corrected chi connectivity index (χ0v) is 10.9. The first kappa shape index (κ1) is 14.2. The molecule has 0 saturated heterocycles. The summed E-state index contributed by atoms with van der Waals surface area (Å²) in [4.78, 5) is 4.18. The van der Waals surface area contributed by atoms with Crippen molar-refractivity contribution in [3.63, 3.8) is 0 Å². The van der Waals surface area contributed by atoms with Crippen LogP contribution in [0, 0.1) is 0 Å². The number of rotatable bonds is 5. The van der Waals surface area contributed by atoms with Crippen LogP contribution in [0.15, 0.2) is 23.7 Å². The van der Waals surface area contributed by atoms with Crippen molar-refractivity contribution in [2.75, 3.05) is 6.54 Å². The Morgan fingerprint density at radius 2 is 2.16 bits per heavy atom. The smallest absolute Gasteiger partial charge is 0.304 e. The SMILES string of the molecule is CC(NCC(F)(F)C(F)F)c1cnc2ccsc2c1. The fraction of sp³-hybridized carbons (Fsp3) is 0.417. The molecule has 1 atom stereocenters. The van der Waals surface area contributed by atoms with Crippen molar-refractivity contribution in [2.24, 2.45) is 0 Å². The minimum Gasteiger partial charge on any atom is -0.304 e. The van der Waals surface area contributed by atoms with Crippen LogP contribution in [0.1, 0.15) is 18.5 Å². The zero-order valence-electron chi connectivity index (χ0n) is 10.0. The van der Waals surface area contributed by atoms with Crippen LogP contribution < -0.4 is 5.32 Å². The van der Waals surface area contributed by atoms with Gasteiger partial charge in [0.1, 0.15) is 0 Å². The number of nitrogens with zero attached hydrogens (tertiary/aromatic N) is 1. The molecule has 2 rings (SSSR count). The van der Waals surface area contributed by atoms with Crippen LogP contribution >= 0.6 is 11.3 Å². The molecule has 19 heavy (non-hydrogen) atoms. The minimum atomic E-state index is -4.02. The van der Waals surface area contributed by atoms with Crippen molar-refractivity contribution in [3.05, 3.63) is 29.3 Å². The van der Waals surface area contributed by atoms with Crippen LogP contribution in [0.25, 0.3) is 10.2 Å². The number of hydrogen-bond acceptors (Lipinski definition) is 3. The lowest BCUT2D eigenvalue weighted by atomic mass is 10.1. The maximum atomic E-state index is 12.8. The molecule has 0 radical (unpaired) electrons. The van der Waals surface area contributed by atoms with Crippen molar-refractivity contribution in [3.8, 4) is 0 Å². The van der Waals surface area contributed by atoms with E-state index in [2.05, 4.69) is 10.3 Å². The number of aromatic nitrogens is 1. The summed E-state index contributed by atoms with van der Waals surface area (Å²) in [7, 11) is 0. The third-order valence-electron chi connectivity index (χ3n) is 2.79. The van der Waals surface area contributed by atoms with Crippen LogP contribution in [0.2, 0.25) is 0 Å². The topological polar surface area (TPSA) is 24.9 Å². The average Bonchev–Trinajstić information content (AvgIpc) is 2.82. The normalized spacial score (nSPS) is 14.2. The Labute approximate surface area is 111 Å². The van der Waals surface area contributed by atoms with Gasteiger partial charge in [-0.25, -0.2) is 8.78 Å². The molecule has 0 aliphatic rings. The number of fused-ring (bicyclic) bond motifs is 1. The number of halogens is 4. The molecule has 1 N–H and O–H groups in total. The molecule has 0 saturated carbocycles. The van der Waals surface area contributed by atoms with E-state index in [1.54, 1.807) is 13.1 Å². The van der Waals surface area contributed by atoms with E-state index in [-0.39, 0.29) is 0 Å². The summed E-state index contributed by atoms with van der Waals surface area (Å²) in [6, 6.07) is 3.21. The first-order valence-electron chi connectivity index (χ1n) is 5.62. The van der Waals surface area contributed by atoms with E-state index < -0.39 is 24.9 Å². The lowest BCUT2D eigenvalue weighted by Gasteiger charge is -2.19. The van der Waals surface area contributed by atoms with E-state index in [9.17, 15) is 17.6 Å². The molecular weight excluding hydrogens is 280 g/mol. The predicted molar refractivity (Wildman–Crippen MR) is 67.0 cm³/mol. The third-order valence-corrected chi connectivity index (χ3v) is 3.64. The molecule has 0 fully saturated rings. The van der Waals surface area contributed by atoms with Crippen LogP contribution in [0.4, 0.5) is 17.6 Å². The molecule has 104 valence electrons. The van der Waals surface area contributed by atoms with Gasteiger partial charge in [0.15, 0.2) is 0 Å². The van der Waals surface area contributed by atoms with Gasteiger partial charge in [-0.3, -0.25) is 4.98 Å². The summed E-state index contributed by atoms with van der Waals surface area (Å²) in [5.41, 5.74) is 1.53. The summed E-state index contributed by atoms with van der Waals surface area (Å²) in [6.07, 6.45) is -2.10. The molecule has 1 unspecified atom stereocenters. The van der Waals surface area contributed by atoms with Crippen molar-refractivity contribution in [2.45, 2.75) is 25.3 Å². The van der Waals surface area contributed by atoms with Crippen molar-refractivity contribution < 1.29 is 17.6 Å². The van der Waals surface area contributed by atoms with E-state index in [1.165, 1.54) is 11.3 Å². The highest BCUT2D eigenvalue weighted by atomic mass is 32.1. The van der Waals surface area contributed by atoms with Crippen LogP contribution in [0.3, 0.4) is 0 Å². The summed E-state index contributed by atoms with van der Waals surface area (Å²) in [5.74, 6) is -4.02. The molecule has 0 bridgehead atoms. The largest absolute Gasteiger partial charge is 0.319 e. The highest BCUT2D eigenvalue weighted by Gasteiger charge is 2.40. The first-order valence-corrected chi connectivity index (χ1v) is 6.50. The molecule has 2 heterocycles. The van der Waals surface area contributed by atoms with Gasteiger partial charge in [0.25, 0.3) is 0 Å². The highest BCUT2D eigenvalue weighted by molar-refractivity contribution is 7.17. The summed E-state index contributed by atoms with van der Waals surface area (Å²) < 4.78 is 50.6. The van der Waals surface area contributed by atoms with Gasteiger partial charge in [0.2, 0.25) is 0 Å². The van der Waals surface area contributed by atoms with Gasteiger partial charge in [-0.05, 0) is 30.0 Å². The second-order valence-corrected chi connectivity index (χ2v) is 5.18. The van der Waals surface area contributed by atoms with E-state index in [0.717, 1.165) is 10.2 Å². The molecule has 0 amide bonds. The van der Waals surface area contributed by atoms with Crippen molar-refractivity contribution >= 4 is 21.6 Å². The maximum Gasteiger partial charge on any atom is 0.319 e. The first-order chi connectivity index (χ1) is 8.90. The molecule has 0 spiro atoms. The highest BCUT2D eigenvalue weighted by Crippen LogP contribution is 2.25. The lowest BCUT2D eigenvalue weighted by Crippen LogP contribution is -2.39. The van der Waals surface area contributed by atoms with Crippen LogP contribution in [-0.4, -0.2) is 23.9 Å². The van der Waals surface area contributed by atoms with Gasteiger partial charge in [-0.1, -0.05) is 0 Å². The number of hydrogen-bond donors (Lipinski definition) is 1. The van der Waals surface area contributed by atoms with E-state index >= 15 is 0 Å². The Kier molecular flexibility index (Phi) is 4.05. The van der Waals surface area contributed by atoms with Crippen molar-refractivity contribution in [1.29, 1.82) is 0 Å². The molecule has 7 heteroatoms. The molecule has 0 aliphatic heterocycles. The van der Waals surface area contributed by atoms with E-state index in [0.29, 0.717) is 5.56 Å². The van der Waals surface area contributed by atoms with Crippen LogP contribution in [0.5, 0.6) is 0 Å². The van der Waals surface area contributed by atoms with Gasteiger partial charge in [0.05, 0.1) is 16.8 Å². The number of pyridine rings is 1. The average molecular weight is 292 g/mol. The zero-order chi connectivity index (χ0) is 14.0. The number of thiophene rings is 1. The molecule has 2 aromatic rings. The molecule has 0 aliphatic carbocycles. The summed E-state index contributed by atoms with van der Waals surface area (Å²) in [6.45, 7) is 0.576. The van der Waals surface area contributed by atoms with Gasteiger partial charge in [-0.15, -0.1) is 11.3 Å². The fourth-order valence-corrected chi connectivity index (χ4v) is 2.37. The summed E-state index contributed by atoms with van der Waals surface area (Å²) in [5, 5.41) is 4.29. The second kappa shape index (κ2) is 5.42. The second-order valence-electron chi connectivity index (χ2n) is 4.24. The van der Waals surface area contributed by atoms with Gasteiger partial charge in [0, 0.05) is 12.2 Å². The maximum absolute atomic E-state index is 12.8. The Balaban J connectivity index is 2.05. The Hall–Kier alpha value is -1.21. The molecule has 0 aromatic carbocycles. The standard InChI is InChI=1S/C12H12F4N2S/c1-7(18-6-12(15,16)11(13)14)8-4-10-9(17-5-8)2-3-19-10/h2-5,7,11,18H,6H2,1H3.